The highest BCUT2D eigenvalue weighted by atomic mass is 16.6. The summed E-state index contributed by atoms with van der Waals surface area (Å²) in [5.41, 5.74) is -0.897. The van der Waals surface area contributed by atoms with E-state index in [4.69, 9.17) is 19.2 Å². The number of nitriles is 1. The molecule has 0 radical (unpaired) electrons. The number of amides is 2. The topological polar surface area (TPSA) is 129 Å². The van der Waals surface area contributed by atoms with Gasteiger partial charge in [0.2, 0.25) is 11.9 Å². The molecule has 2 saturated heterocycles. The van der Waals surface area contributed by atoms with E-state index >= 15 is 0 Å². The zero-order chi connectivity index (χ0) is 28.1. The summed E-state index contributed by atoms with van der Waals surface area (Å²) in [6.45, 7) is 8.75. The summed E-state index contributed by atoms with van der Waals surface area (Å²) in [5, 5.41) is 15.9. The number of aliphatic imine (C=N–C) groups is 1. The van der Waals surface area contributed by atoms with Crippen LogP contribution >= 0.6 is 0 Å². The van der Waals surface area contributed by atoms with Gasteiger partial charge in [0.25, 0.3) is 0 Å². The molecule has 11 nitrogen and oxygen atoms in total. The normalized spacial score (nSPS) is 21.7. The first-order valence-corrected chi connectivity index (χ1v) is 14.6. The molecule has 0 aromatic carbocycles. The Bertz CT molecular complexity index is 840. The van der Waals surface area contributed by atoms with Gasteiger partial charge in [-0.25, -0.2) is 9.79 Å². The van der Waals surface area contributed by atoms with Crippen LogP contribution in [0.15, 0.2) is 4.99 Å². The lowest BCUT2D eigenvalue weighted by Crippen LogP contribution is -2.56. The van der Waals surface area contributed by atoms with E-state index in [1.807, 2.05) is 11.9 Å². The number of ether oxygens (including phenoxy) is 3. The van der Waals surface area contributed by atoms with Crippen molar-refractivity contribution in [3.8, 4) is 6.07 Å². The number of carbonyl (C=O) groups excluding carboxylic acids is 2. The van der Waals surface area contributed by atoms with Crippen molar-refractivity contribution in [3.05, 3.63) is 0 Å². The van der Waals surface area contributed by atoms with Crippen LogP contribution in [0.1, 0.15) is 65.2 Å². The van der Waals surface area contributed by atoms with Gasteiger partial charge in [-0.1, -0.05) is 46.0 Å². The van der Waals surface area contributed by atoms with E-state index in [1.54, 1.807) is 0 Å². The molecule has 1 aliphatic carbocycles. The molecule has 2 heterocycles. The first-order chi connectivity index (χ1) is 18.8. The molecule has 2 aliphatic heterocycles. The molecule has 11 heteroatoms. The van der Waals surface area contributed by atoms with Crippen LogP contribution in [0.4, 0.5) is 4.79 Å². The highest BCUT2D eigenvalue weighted by Crippen LogP contribution is 2.29. The van der Waals surface area contributed by atoms with Crippen LogP contribution in [0.5, 0.6) is 0 Å². The molecule has 39 heavy (non-hydrogen) atoms. The Hall–Kier alpha value is -2.42. The SMILES string of the molecule is CC(C)COCCOC(=O)NC(=N[C@@H](CC1CCCCC1)C(=O)NC1(C#N)CCN(C)CC1)N1CCOCC1. The van der Waals surface area contributed by atoms with Crippen LogP contribution in [0, 0.1) is 23.2 Å². The van der Waals surface area contributed by atoms with Gasteiger partial charge in [-0.15, -0.1) is 0 Å². The number of piperidine rings is 1. The number of carbonyl (C=O) groups is 2. The van der Waals surface area contributed by atoms with Crippen molar-refractivity contribution >= 4 is 18.0 Å². The zero-order valence-electron chi connectivity index (χ0n) is 24.1. The summed E-state index contributed by atoms with van der Waals surface area (Å²) in [4.78, 5) is 35.4. The van der Waals surface area contributed by atoms with E-state index in [2.05, 4.69) is 35.5 Å². The number of nitrogens with zero attached hydrogens (tertiary/aromatic N) is 4. The number of likely N-dealkylation sites (tertiary alicyclic amines) is 1. The molecule has 3 aliphatic rings. The maximum Gasteiger partial charge on any atom is 0.414 e. The van der Waals surface area contributed by atoms with E-state index in [0.717, 1.165) is 38.8 Å². The molecular formula is C28H48N6O5. The summed E-state index contributed by atoms with van der Waals surface area (Å²) >= 11 is 0. The van der Waals surface area contributed by atoms with Gasteiger partial charge in [-0.05, 0) is 38.1 Å². The Labute approximate surface area is 233 Å². The molecule has 0 spiro atoms. The molecular weight excluding hydrogens is 500 g/mol. The van der Waals surface area contributed by atoms with Crippen LogP contribution < -0.4 is 10.6 Å². The number of nitrogens with one attached hydrogen (secondary N) is 2. The largest absolute Gasteiger partial charge is 0.447 e. The number of morpholine rings is 1. The lowest BCUT2D eigenvalue weighted by Gasteiger charge is -2.37. The van der Waals surface area contributed by atoms with Gasteiger partial charge in [-0.2, -0.15) is 5.26 Å². The lowest BCUT2D eigenvalue weighted by atomic mass is 9.84. The summed E-state index contributed by atoms with van der Waals surface area (Å²) < 4.78 is 16.3. The Kier molecular flexibility index (Phi) is 12.8. The number of hydrogen-bond acceptors (Lipinski definition) is 8. The zero-order valence-corrected chi connectivity index (χ0v) is 24.1. The Balaban J connectivity index is 1.75. The highest BCUT2D eigenvalue weighted by molar-refractivity contribution is 5.96. The first-order valence-electron chi connectivity index (χ1n) is 14.6. The summed E-state index contributed by atoms with van der Waals surface area (Å²) in [7, 11) is 2.02. The number of guanidine groups is 1. The van der Waals surface area contributed by atoms with Crippen LogP contribution in [-0.2, 0) is 19.0 Å². The summed E-state index contributed by atoms with van der Waals surface area (Å²) in [6, 6.07) is 1.66. The average molecular weight is 549 g/mol. The Morgan fingerprint density at radius 2 is 1.79 bits per heavy atom. The third-order valence-electron chi connectivity index (χ3n) is 7.72. The van der Waals surface area contributed by atoms with E-state index < -0.39 is 17.7 Å². The molecule has 2 N–H and O–H groups in total. The molecule has 1 saturated carbocycles. The second kappa shape index (κ2) is 16.0. The van der Waals surface area contributed by atoms with Gasteiger partial charge in [0.15, 0.2) is 0 Å². The van der Waals surface area contributed by atoms with E-state index in [-0.39, 0.29) is 12.5 Å². The van der Waals surface area contributed by atoms with E-state index in [0.29, 0.717) is 76.6 Å². The van der Waals surface area contributed by atoms with Crippen LogP contribution in [0.2, 0.25) is 0 Å². The minimum atomic E-state index is -0.897. The van der Waals surface area contributed by atoms with Crippen molar-refractivity contribution in [1.82, 2.24) is 20.4 Å². The maximum atomic E-state index is 13.7. The minimum absolute atomic E-state index is 0.125. The molecule has 220 valence electrons. The van der Waals surface area contributed by atoms with E-state index in [1.165, 1.54) is 6.42 Å². The van der Waals surface area contributed by atoms with Crippen LogP contribution in [0.25, 0.3) is 0 Å². The second-order valence-corrected chi connectivity index (χ2v) is 11.5. The van der Waals surface area contributed by atoms with Gasteiger partial charge in [0, 0.05) is 32.8 Å². The van der Waals surface area contributed by atoms with Gasteiger partial charge < -0.3 is 29.3 Å². The van der Waals surface area contributed by atoms with Crippen molar-refractivity contribution < 1.29 is 23.8 Å². The van der Waals surface area contributed by atoms with Gasteiger partial charge in [-0.3, -0.25) is 10.1 Å². The van der Waals surface area contributed by atoms with Gasteiger partial charge >= 0.3 is 6.09 Å². The fraction of sp³-hybridized carbons (Fsp3) is 0.857. The van der Waals surface area contributed by atoms with Crippen molar-refractivity contribution in [2.45, 2.75) is 76.8 Å². The predicted molar refractivity (Wildman–Crippen MR) is 148 cm³/mol. The molecule has 0 aromatic rings. The number of rotatable bonds is 10. The van der Waals surface area contributed by atoms with Crippen molar-refractivity contribution in [3.63, 3.8) is 0 Å². The maximum absolute atomic E-state index is 13.7. The highest BCUT2D eigenvalue weighted by Gasteiger charge is 2.38. The standard InChI is InChI=1S/C28H48N6O5/c1-22(2)20-38-17-18-39-27(36)31-26(34-13-15-37-16-14-34)30-24(19-23-7-5-4-6-8-23)25(35)32-28(21-29)9-11-33(3)12-10-28/h22-24H,4-20H2,1-3H3,(H,32,35)(H,30,31,36)/t24-/m0/s1. The Morgan fingerprint density at radius 3 is 2.44 bits per heavy atom. The van der Waals surface area contributed by atoms with Crippen molar-refractivity contribution in [2.75, 3.05) is 66.3 Å². The molecule has 3 rings (SSSR count). The molecule has 0 bridgehead atoms. The summed E-state index contributed by atoms with van der Waals surface area (Å²) in [6.07, 6.45) is 6.74. The van der Waals surface area contributed by atoms with Crippen LogP contribution in [0.3, 0.4) is 0 Å². The van der Waals surface area contributed by atoms with Gasteiger partial charge in [0.1, 0.15) is 18.2 Å². The fourth-order valence-electron chi connectivity index (χ4n) is 5.30. The van der Waals surface area contributed by atoms with Crippen LogP contribution in [-0.4, -0.2) is 106 Å². The third kappa shape index (κ3) is 10.6. The summed E-state index contributed by atoms with van der Waals surface area (Å²) in [5.74, 6) is 0.844. The smallest absolute Gasteiger partial charge is 0.414 e. The fourth-order valence-corrected chi connectivity index (χ4v) is 5.30. The van der Waals surface area contributed by atoms with E-state index in [9.17, 15) is 14.9 Å². The first kappa shape index (κ1) is 31.1. The van der Waals surface area contributed by atoms with Crippen molar-refractivity contribution in [2.24, 2.45) is 16.8 Å². The average Bonchev–Trinajstić information content (AvgIpc) is 2.94. The molecule has 3 fully saturated rings. The third-order valence-corrected chi connectivity index (χ3v) is 7.72. The van der Waals surface area contributed by atoms with Gasteiger partial charge in [0.05, 0.1) is 25.9 Å². The number of alkyl carbamates (subject to hydrolysis) is 1. The molecule has 2 amide bonds. The molecule has 0 aromatic heterocycles. The number of hydrogen-bond donors (Lipinski definition) is 2. The minimum Gasteiger partial charge on any atom is -0.447 e. The Morgan fingerprint density at radius 1 is 1.10 bits per heavy atom. The predicted octanol–water partition coefficient (Wildman–Crippen LogP) is 2.52. The molecule has 0 unspecified atom stereocenters. The van der Waals surface area contributed by atoms with Crippen molar-refractivity contribution in [1.29, 1.82) is 5.26 Å². The monoisotopic (exact) mass is 548 g/mol. The quantitative estimate of drug-likeness (QED) is 0.242. The molecule has 1 atom stereocenters. The lowest BCUT2D eigenvalue weighted by molar-refractivity contribution is -0.124. The second-order valence-electron chi connectivity index (χ2n) is 11.5.